The van der Waals surface area contributed by atoms with Crippen molar-refractivity contribution >= 4 is 70.3 Å². The zero-order valence-electron chi connectivity index (χ0n) is 76.8. The second kappa shape index (κ2) is 41.7. The van der Waals surface area contributed by atoms with Gasteiger partial charge in [-0.15, -0.1) is 0 Å². The third-order valence-corrected chi connectivity index (χ3v) is 32.8. The Balaban J connectivity index is 0.000000169. The molecule has 2 heterocycles. The normalized spacial score (nSPS) is 34.0. The number of aliphatic hydroxyl groups is 6. The summed E-state index contributed by atoms with van der Waals surface area (Å²) in [5, 5.41) is 56.6. The van der Waals surface area contributed by atoms with Crippen LogP contribution in [0.3, 0.4) is 0 Å². The van der Waals surface area contributed by atoms with Crippen molar-refractivity contribution in [2.75, 3.05) is 75.9 Å². The second-order valence-electron chi connectivity index (χ2n) is 44.0. The number of thioether (sulfide) groups is 1. The van der Waals surface area contributed by atoms with Crippen LogP contribution in [0.5, 0.6) is 0 Å². The summed E-state index contributed by atoms with van der Waals surface area (Å²) in [4.78, 5) is 101. The highest BCUT2D eigenvalue weighted by Crippen LogP contribution is 2.62. The maximum atomic E-state index is 13.5. The van der Waals surface area contributed by atoms with E-state index in [9.17, 15) is 63.0 Å². The molecule has 0 spiro atoms. The minimum atomic E-state index is -1.56. The average Bonchev–Trinajstić information content (AvgIpc) is 1.29. The summed E-state index contributed by atoms with van der Waals surface area (Å²) in [7, 11) is -1.56. The number of hydrogen-bond acceptors (Lipinski definition) is 26. The van der Waals surface area contributed by atoms with E-state index in [-0.39, 0.29) is 114 Å². The fourth-order valence-electron chi connectivity index (χ4n) is 24.8. The predicted octanol–water partition coefficient (Wildman–Crippen LogP) is 13.5. The van der Waals surface area contributed by atoms with Crippen LogP contribution in [0.15, 0.2) is 24.3 Å². The standard InChI is InChI=1S/C26H44O8S.C26H44O7S.C23H36O5.C14H20O2.C7H10O3/c1-5-25(4,23(31)34-26-9-17-6-18(10-26)8-19(7-17)11-26)16-24(2,3)22(30)33-13-21(29)15-35(32)14-20(28)12-27;1-5-25(4,23(31)33-26-9-17-6-18(10-26)8-19(7-17)11-26)16-24(2,3)22(30)32-13-21(29)15-34-14-20(28)12-27;1-5-22(4,14-21(2,3)19(24)27-13-18-12-26-18)20(25)28-23-9-15-6-16(10-23)8-17(7-15)11-23;1-9(2)13(15)16-14-6-10-3-11(7-14)5-12(4-10)8-14;1-5(2)7(8)10-4-6-3-9-6/h17-21,27-29H,5-16H2,1-4H3;17-21,27-29H,5-16H2,1-4H3;15-18H,5-14H2,1-4H3;10-12H,1,3-8H2,2H3;6H,1,3-4H2,2H3. The Kier molecular flexibility index (Phi) is 34.1. The Morgan fingerprint density at radius 3 is 0.902 bits per heavy atom. The Labute approximate surface area is 739 Å². The number of epoxide rings is 2. The number of carbonyl (C=O) groups excluding carboxylic acids is 8. The highest BCUT2D eigenvalue weighted by Gasteiger charge is 2.60. The maximum absolute atomic E-state index is 13.5. The average molecular weight is 1770 g/mol. The zero-order chi connectivity index (χ0) is 90.2. The third-order valence-electron chi connectivity index (χ3n) is 30.1. The van der Waals surface area contributed by atoms with Crippen LogP contribution in [0.2, 0.25) is 0 Å². The molecule has 6 N–H and O–H groups in total. The molecule has 2 saturated heterocycles. The van der Waals surface area contributed by atoms with Gasteiger partial charge in [-0.05, 0) is 340 Å². The van der Waals surface area contributed by atoms with Crippen molar-refractivity contribution in [1.29, 1.82) is 0 Å². The van der Waals surface area contributed by atoms with Crippen LogP contribution in [0.4, 0.5) is 0 Å². The number of esters is 8. The summed E-state index contributed by atoms with van der Waals surface area (Å²) in [5.41, 5.74) is -4.97. The lowest BCUT2D eigenvalue weighted by atomic mass is 9.54. The number of hydrogen-bond donors (Lipinski definition) is 6. The highest BCUT2D eigenvalue weighted by molar-refractivity contribution is 7.99. The molecule has 16 saturated carbocycles. The molecule has 2 aliphatic heterocycles. The van der Waals surface area contributed by atoms with Crippen molar-refractivity contribution in [2.24, 2.45) is 104 Å². The molecule has 10 atom stereocenters. The summed E-state index contributed by atoms with van der Waals surface area (Å²) >= 11 is 1.28. The smallest absolute Gasteiger partial charge is 0.333 e. The molecule has 18 fully saturated rings. The van der Waals surface area contributed by atoms with Crippen LogP contribution in [-0.4, -0.2) is 217 Å². The molecule has 16 aliphatic carbocycles. The number of ether oxygens (including phenoxy) is 10. The summed E-state index contributed by atoms with van der Waals surface area (Å²) in [6.07, 6.45) is 27.1. The van der Waals surface area contributed by atoms with Gasteiger partial charge in [-0.3, -0.25) is 33.0 Å². The fourth-order valence-corrected chi connectivity index (χ4v) is 26.9. The summed E-state index contributed by atoms with van der Waals surface area (Å²) in [6.45, 7) is 33.6. The second-order valence-corrected chi connectivity index (χ2v) is 46.7. The predicted molar refractivity (Wildman–Crippen MR) is 465 cm³/mol. The lowest BCUT2D eigenvalue weighted by Crippen LogP contribution is -2.54. The van der Waals surface area contributed by atoms with Crippen molar-refractivity contribution in [3.05, 3.63) is 24.3 Å². The van der Waals surface area contributed by atoms with Gasteiger partial charge < -0.3 is 78.0 Å². The molecule has 18 aliphatic rings. The van der Waals surface area contributed by atoms with Crippen molar-refractivity contribution in [3.8, 4) is 0 Å². The van der Waals surface area contributed by atoms with Crippen molar-refractivity contribution in [3.63, 3.8) is 0 Å². The number of aliphatic hydroxyl groups excluding tert-OH is 6. The molecular formula is C96H154O25S2. The quantitative estimate of drug-likeness (QED) is 0.0144. The van der Waals surface area contributed by atoms with E-state index in [4.69, 9.17) is 57.6 Å². The minimum absolute atomic E-state index is 0.0540. The van der Waals surface area contributed by atoms with E-state index >= 15 is 0 Å². The van der Waals surface area contributed by atoms with E-state index in [1.165, 1.54) is 88.8 Å². The lowest BCUT2D eigenvalue weighted by Gasteiger charge is -2.56. The molecule has 25 nitrogen and oxygen atoms in total. The third kappa shape index (κ3) is 27.5. The molecule has 0 aromatic rings. The number of rotatable bonds is 39. The summed E-state index contributed by atoms with van der Waals surface area (Å²) in [6, 6.07) is 0. The topological polar surface area (TPSA) is 374 Å². The van der Waals surface area contributed by atoms with Crippen LogP contribution in [-0.2, 0) is 96.5 Å². The first kappa shape index (κ1) is 101. The van der Waals surface area contributed by atoms with Gasteiger partial charge in [0.1, 0.15) is 61.0 Å². The highest BCUT2D eigenvalue weighted by atomic mass is 32.2. The van der Waals surface area contributed by atoms with E-state index in [2.05, 4.69) is 13.2 Å². The van der Waals surface area contributed by atoms with Gasteiger partial charge in [-0.25, -0.2) is 9.59 Å². The molecule has 700 valence electrons. The largest absolute Gasteiger partial charge is 0.462 e. The van der Waals surface area contributed by atoms with E-state index in [1.807, 2.05) is 55.4 Å². The number of carbonyl (C=O) groups is 8. The molecule has 27 heteroatoms. The fraction of sp³-hybridized carbons (Fsp3) is 0.875. The van der Waals surface area contributed by atoms with E-state index in [0.29, 0.717) is 111 Å². The van der Waals surface area contributed by atoms with Crippen LogP contribution >= 0.6 is 11.8 Å². The SMILES string of the molecule is C=C(C)C(=O)OC12CC3CC(CC(C3)C1)C2.C=C(C)C(=O)OCC1CO1.CCC(C)(CC(C)(C)C(=O)OCC(O)CS(=O)CC(O)CO)C(=O)OC12CC3CC(CC(C3)C1)C2.CCC(C)(CC(C)(C)C(=O)OCC(O)CSCC(O)CO)C(=O)OC12CC3CC(CC(C3)C1)C2.CCC(C)(CC(C)(C)C(=O)OCC1CO1)C(=O)OC12CC3CC(CC(C3)C1)C2. The Hall–Kier alpha value is -4.58. The molecule has 18 rings (SSSR count). The van der Waals surface area contributed by atoms with Crippen molar-refractivity contribution in [1.82, 2.24) is 0 Å². The molecular weight excluding hydrogens is 1620 g/mol. The van der Waals surface area contributed by atoms with Gasteiger partial charge in [0, 0.05) is 33.5 Å². The van der Waals surface area contributed by atoms with Crippen LogP contribution < -0.4 is 0 Å². The molecule has 16 bridgehead atoms. The molecule has 123 heavy (non-hydrogen) atoms. The molecule has 0 aromatic carbocycles. The van der Waals surface area contributed by atoms with Gasteiger partial charge in [-0.1, -0.05) is 33.9 Å². The Morgan fingerprint density at radius 2 is 0.634 bits per heavy atom. The van der Waals surface area contributed by atoms with Gasteiger partial charge >= 0.3 is 47.8 Å². The van der Waals surface area contributed by atoms with E-state index in [1.54, 1.807) is 41.5 Å². The Morgan fingerprint density at radius 1 is 0.382 bits per heavy atom. The summed E-state index contributed by atoms with van der Waals surface area (Å²) < 4.78 is 67.5. The minimum Gasteiger partial charge on any atom is -0.462 e. The molecule has 10 unspecified atom stereocenters. The van der Waals surface area contributed by atoms with Crippen molar-refractivity contribution in [2.45, 2.75) is 349 Å². The van der Waals surface area contributed by atoms with E-state index < -0.39 is 86.3 Å². The lowest BCUT2D eigenvalue weighted by molar-refractivity contribution is -0.200. The molecule has 0 aromatic heterocycles. The first-order valence-corrected chi connectivity index (χ1v) is 49.3. The first-order chi connectivity index (χ1) is 57.6. The van der Waals surface area contributed by atoms with Gasteiger partial charge in [0.25, 0.3) is 0 Å². The van der Waals surface area contributed by atoms with Crippen LogP contribution in [0.1, 0.15) is 290 Å². The van der Waals surface area contributed by atoms with Crippen LogP contribution in [0, 0.1) is 104 Å². The van der Waals surface area contributed by atoms with Gasteiger partial charge in [0.05, 0.1) is 94.8 Å². The monoisotopic (exact) mass is 1770 g/mol. The Bertz CT molecular complexity index is 3550. The van der Waals surface area contributed by atoms with Crippen LogP contribution in [0.25, 0.3) is 0 Å². The van der Waals surface area contributed by atoms with Gasteiger partial charge in [-0.2, -0.15) is 11.8 Å². The maximum Gasteiger partial charge on any atom is 0.333 e. The first-order valence-electron chi connectivity index (χ1n) is 46.6. The van der Waals surface area contributed by atoms with Crippen molar-refractivity contribution < 1.29 is 121 Å². The molecule has 0 radical (unpaired) electrons. The zero-order valence-corrected chi connectivity index (χ0v) is 78.4. The van der Waals surface area contributed by atoms with E-state index in [0.717, 1.165) is 113 Å². The van der Waals surface area contributed by atoms with Gasteiger partial charge in [0.2, 0.25) is 0 Å². The summed E-state index contributed by atoms with van der Waals surface area (Å²) in [5.74, 6) is 6.69. The molecule has 0 amide bonds. The van der Waals surface area contributed by atoms with Gasteiger partial charge in [0.15, 0.2) is 0 Å².